The van der Waals surface area contributed by atoms with Crippen LogP contribution in [0.3, 0.4) is 0 Å². The van der Waals surface area contributed by atoms with E-state index in [2.05, 4.69) is 5.32 Å². The van der Waals surface area contributed by atoms with Gasteiger partial charge in [0.2, 0.25) is 5.91 Å². The van der Waals surface area contributed by atoms with E-state index in [4.69, 9.17) is 4.74 Å². The minimum Gasteiger partial charge on any atom is -0.386 e. The van der Waals surface area contributed by atoms with Crippen molar-refractivity contribution in [1.82, 2.24) is 4.90 Å². The highest BCUT2D eigenvalue weighted by Gasteiger charge is 2.32. The van der Waals surface area contributed by atoms with Gasteiger partial charge in [0.25, 0.3) is 5.91 Å². The zero-order valence-electron chi connectivity index (χ0n) is 14.2. The molecule has 0 saturated carbocycles. The lowest BCUT2D eigenvalue weighted by Gasteiger charge is -2.35. The molecule has 2 N–H and O–H groups in total. The van der Waals surface area contributed by atoms with Gasteiger partial charge in [-0.05, 0) is 42.0 Å². The molecule has 1 aliphatic rings. The van der Waals surface area contributed by atoms with Crippen LogP contribution in [-0.2, 0) is 9.53 Å². The van der Waals surface area contributed by atoms with Crippen molar-refractivity contribution in [2.75, 3.05) is 25.6 Å². The second-order valence-electron chi connectivity index (χ2n) is 6.11. The van der Waals surface area contributed by atoms with E-state index in [-0.39, 0.29) is 25.0 Å². The molecule has 2 atom stereocenters. The summed E-state index contributed by atoms with van der Waals surface area (Å²) in [6.45, 7) is 0.278. The Morgan fingerprint density at radius 3 is 2.54 bits per heavy atom. The lowest BCUT2D eigenvalue weighted by Crippen LogP contribution is -2.49. The van der Waals surface area contributed by atoms with E-state index in [1.54, 1.807) is 31.3 Å². The standard InChI is InChI=1S/C19H19FN2O4/c1-22-16(10-26-11-17(22)23)18(24)12-4-8-15(9-5-12)21-19(25)13-2-6-14(20)7-3-13/h2-9,16,18,24H,10-11H2,1H3,(H,21,25). The number of halogens is 1. The van der Waals surface area contributed by atoms with Crippen molar-refractivity contribution < 1.29 is 23.8 Å². The number of hydrogen-bond acceptors (Lipinski definition) is 4. The summed E-state index contributed by atoms with van der Waals surface area (Å²) in [5, 5.41) is 13.2. The molecule has 0 spiro atoms. The van der Waals surface area contributed by atoms with Crippen molar-refractivity contribution in [3.8, 4) is 0 Å². The van der Waals surface area contributed by atoms with E-state index >= 15 is 0 Å². The van der Waals surface area contributed by atoms with Gasteiger partial charge in [-0.1, -0.05) is 12.1 Å². The molecular formula is C19H19FN2O4. The first kappa shape index (κ1) is 18.0. The van der Waals surface area contributed by atoms with Gasteiger partial charge < -0.3 is 20.1 Å². The van der Waals surface area contributed by atoms with E-state index in [1.807, 2.05) is 0 Å². The topological polar surface area (TPSA) is 78.9 Å². The number of hydrogen-bond donors (Lipinski definition) is 2. The molecule has 2 aromatic rings. The minimum absolute atomic E-state index is 0.0219. The van der Waals surface area contributed by atoms with Crippen LogP contribution in [0.4, 0.5) is 10.1 Å². The van der Waals surface area contributed by atoms with Crippen molar-refractivity contribution >= 4 is 17.5 Å². The van der Waals surface area contributed by atoms with Crippen LogP contribution in [0.5, 0.6) is 0 Å². The lowest BCUT2D eigenvalue weighted by molar-refractivity contribution is -0.151. The van der Waals surface area contributed by atoms with Crippen LogP contribution in [0.1, 0.15) is 22.0 Å². The predicted molar refractivity (Wildman–Crippen MR) is 93.1 cm³/mol. The monoisotopic (exact) mass is 358 g/mol. The number of likely N-dealkylation sites (N-methyl/N-ethyl adjacent to an activating group) is 1. The second-order valence-corrected chi connectivity index (χ2v) is 6.11. The number of nitrogens with zero attached hydrogens (tertiary/aromatic N) is 1. The molecule has 1 heterocycles. The maximum Gasteiger partial charge on any atom is 0.255 e. The summed E-state index contributed by atoms with van der Waals surface area (Å²) in [6, 6.07) is 11.5. The largest absolute Gasteiger partial charge is 0.386 e. The molecule has 6 nitrogen and oxygen atoms in total. The first-order chi connectivity index (χ1) is 12.5. The predicted octanol–water partition coefficient (Wildman–Crippen LogP) is 1.97. The van der Waals surface area contributed by atoms with Gasteiger partial charge in [0.05, 0.1) is 12.6 Å². The molecule has 7 heteroatoms. The third-order valence-electron chi connectivity index (χ3n) is 4.39. The smallest absolute Gasteiger partial charge is 0.255 e. The van der Waals surface area contributed by atoms with Gasteiger partial charge in [-0.25, -0.2) is 4.39 Å². The van der Waals surface area contributed by atoms with Crippen molar-refractivity contribution in [2.24, 2.45) is 0 Å². The van der Waals surface area contributed by atoms with E-state index in [1.165, 1.54) is 29.2 Å². The number of benzene rings is 2. The van der Waals surface area contributed by atoms with Gasteiger partial charge in [-0.2, -0.15) is 0 Å². The average Bonchev–Trinajstić information content (AvgIpc) is 2.64. The van der Waals surface area contributed by atoms with Gasteiger partial charge in [0.15, 0.2) is 0 Å². The van der Waals surface area contributed by atoms with Gasteiger partial charge >= 0.3 is 0 Å². The summed E-state index contributed by atoms with van der Waals surface area (Å²) >= 11 is 0. The van der Waals surface area contributed by atoms with Crippen LogP contribution in [-0.4, -0.2) is 48.1 Å². The van der Waals surface area contributed by atoms with Crippen LogP contribution in [0.25, 0.3) is 0 Å². The highest BCUT2D eigenvalue weighted by molar-refractivity contribution is 6.04. The first-order valence-electron chi connectivity index (χ1n) is 8.14. The molecule has 2 amide bonds. The van der Waals surface area contributed by atoms with Crippen LogP contribution in [0, 0.1) is 5.82 Å². The second kappa shape index (κ2) is 7.63. The number of carbonyl (C=O) groups excluding carboxylic acids is 2. The van der Waals surface area contributed by atoms with Crippen LogP contribution in [0.2, 0.25) is 0 Å². The van der Waals surface area contributed by atoms with Crippen LogP contribution in [0.15, 0.2) is 48.5 Å². The summed E-state index contributed by atoms with van der Waals surface area (Å²) < 4.78 is 18.1. The summed E-state index contributed by atoms with van der Waals surface area (Å²) in [5.74, 6) is -0.942. The third kappa shape index (κ3) is 3.89. The fraction of sp³-hybridized carbons (Fsp3) is 0.263. The number of morpholine rings is 1. The Bertz CT molecular complexity index is 792. The van der Waals surface area contributed by atoms with Crippen molar-refractivity contribution in [3.05, 3.63) is 65.5 Å². The molecule has 2 aromatic carbocycles. The Morgan fingerprint density at radius 2 is 1.88 bits per heavy atom. The zero-order valence-corrected chi connectivity index (χ0v) is 14.2. The Labute approximate surface area is 150 Å². The molecule has 0 bridgehead atoms. The molecule has 0 radical (unpaired) electrons. The molecular weight excluding hydrogens is 339 g/mol. The molecule has 2 unspecified atom stereocenters. The van der Waals surface area contributed by atoms with E-state index in [0.717, 1.165) is 0 Å². The van der Waals surface area contributed by atoms with E-state index in [0.29, 0.717) is 16.8 Å². The Morgan fingerprint density at radius 1 is 1.23 bits per heavy atom. The quantitative estimate of drug-likeness (QED) is 0.876. The number of carbonyl (C=O) groups is 2. The maximum atomic E-state index is 12.9. The zero-order chi connectivity index (χ0) is 18.7. The van der Waals surface area contributed by atoms with Gasteiger partial charge in [0, 0.05) is 18.3 Å². The Balaban J connectivity index is 1.67. The molecule has 1 fully saturated rings. The summed E-state index contributed by atoms with van der Waals surface area (Å²) in [4.78, 5) is 25.3. The van der Waals surface area contributed by atoms with Crippen molar-refractivity contribution in [1.29, 1.82) is 0 Å². The highest BCUT2D eigenvalue weighted by atomic mass is 19.1. The highest BCUT2D eigenvalue weighted by Crippen LogP contribution is 2.24. The van der Waals surface area contributed by atoms with Gasteiger partial charge in [0.1, 0.15) is 18.5 Å². The molecule has 1 aliphatic heterocycles. The van der Waals surface area contributed by atoms with Crippen molar-refractivity contribution in [3.63, 3.8) is 0 Å². The van der Waals surface area contributed by atoms with Crippen molar-refractivity contribution in [2.45, 2.75) is 12.1 Å². The Hall–Kier alpha value is -2.77. The number of ether oxygens (including phenoxy) is 1. The summed E-state index contributed by atoms with van der Waals surface area (Å²) in [6.07, 6.45) is -0.897. The fourth-order valence-electron chi connectivity index (χ4n) is 2.76. The molecule has 0 aromatic heterocycles. The molecule has 136 valence electrons. The van der Waals surface area contributed by atoms with Crippen LogP contribution >= 0.6 is 0 Å². The Kier molecular flexibility index (Phi) is 5.29. The number of amides is 2. The SMILES string of the molecule is CN1C(=O)COCC1C(O)c1ccc(NC(=O)c2ccc(F)cc2)cc1. The molecule has 1 saturated heterocycles. The number of rotatable bonds is 4. The number of anilines is 1. The average molecular weight is 358 g/mol. The maximum absolute atomic E-state index is 12.9. The molecule has 3 rings (SSSR count). The normalized spacial score (nSPS) is 18.5. The summed E-state index contributed by atoms with van der Waals surface area (Å²) in [5.41, 5.74) is 1.49. The number of nitrogens with one attached hydrogen (secondary N) is 1. The van der Waals surface area contributed by atoms with Gasteiger partial charge in [-0.3, -0.25) is 9.59 Å². The number of aliphatic hydroxyl groups excluding tert-OH is 1. The van der Waals surface area contributed by atoms with E-state index in [9.17, 15) is 19.1 Å². The number of aliphatic hydroxyl groups is 1. The fourth-order valence-corrected chi connectivity index (χ4v) is 2.76. The first-order valence-corrected chi connectivity index (χ1v) is 8.14. The molecule has 0 aliphatic carbocycles. The van der Waals surface area contributed by atoms with Crippen LogP contribution < -0.4 is 5.32 Å². The summed E-state index contributed by atoms with van der Waals surface area (Å²) in [7, 11) is 1.63. The lowest BCUT2D eigenvalue weighted by atomic mass is 10.0. The molecule has 26 heavy (non-hydrogen) atoms. The van der Waals surface area contributed by atoms with E-state index < -0.39 is 18.0 Å². The minimum atomic E-state index is -0.897. The van der Waals surface area contributed by atoms with Gasteiger partial charge in [-0.15, -0.1) is 0 Å². The third-order valence-corrected chi connectivity index (χ3v) is 4.39.